The average molecular weight is 283 g/mol. The third kappa shape index (κ3) is 8.00. The zero-order chi connectivity index (χ0) is 10.2. The molecule has 0 amide bonds. The van der Waals surface area contributed by atoms with E-state index >= 15 is 0 Å². The highest BCUT2D eigenvalue weighted by molar-refractivity contribution is 6.30. The summed E-state index contributed by atoms with van der Waals surface area (Å²) in [6, 6.07) is 7.93. The van der Waals surface area contributed by atoms with Crippen molar-refractivity contribution in [1.82, 2.24) is 5.32 Å². The Hall–Kier alpha value is -0.210. The van der Waals surface area contributed by atoms with E-state index in [1.165, 1.54) is 5.56 Å². The van der Waals surface area contributed by atoms with Gasteiger partial charge in [-0.25, -0.2) is 0 Å². The average Bonchev–Trinajstić information content (AvgIpc) is 2.21. The molecule has 4 heteroatoms. The van der Waals surface area contributed by atoms with E-state index in [0.717, 1.165) is 31.0 Å². The Morgan fingerprint density at radius 1 is 1.19 bits per heavy atom. The summed E-state index contributed by atoms with van der Waals surface area (Å²) in [6.07, 6.45) is 4.18. The Balaban J connectivity index is 0. The second kappa shape index (κ2) is 11.3. The van der Waals surface area contributed by atoms with Crippen molar-refractivity contribution in [3.63, 3.8) is 0 Å². The number of benzene rings is 1. The largest absolute Gasteiger partial charge is 0.313 e. The first-order valence-electron chi connectivity index (χ1n) is 4.89. The third-order valence-corrected chi connectivity index (χ3v) is 2.26. The fraction of sp³-hybridized carbons (Fsp3) is 0.333. The highest BCUT2D eigenvalue weighted by atomic mass is 35.5. The monoisotopic (exact) mass is 281 g/mol. The fourth-order valence-electron chi connectivity index (χ4n) is 1.21. The fourth-order valence-corrected chi connectivity index (χ4v) is 1.33. The van der Waals surface area contributed by atoms with Crippen LogP contribution in [0.2, 0.25) is 5.02 Å². The molecule has 16 heavy (non-hydrogen) atoms. The Morgan fingerprint density at radius 2 is 1.81 bits per heavy atom. The zero-order valence-corrected chi connectivity index (χ0v) is 11.5. The molecule has 0 atom stereocenters. The lowest BCUT2D eigenvalue weighted by Gasteiger charge is -2.03. The molecule has 0 saturated carbocycles. The van der Waals surface area contributed by atoms with E-state index in [1.54, 1.807) is 0 Å². The quantitative estimate of drug-likeness (QED) is 0.608. The van der Waals surface area contributed by atoms with Gasteiger partial charge in [-0.15, -0.1) is 31.4 Å². The van der Waals surface area contributed by atoms with E-state index in [2.05, 4.69) is 11.9 Å². The number of hydrogen-bond donors (Lipinski definition) is 1. The number of nitrogens with one attached hydrogen (secondary N) is 1. The van der Waals surface area contributed by atoms with Gasteiger partial charge in [-0.2, -0.15) is 0 Å². The van der Waals surface area contributed by atoms with Gasteiger partial charge in [0.05, 0.1) is 0 Å². The molecule has 0 aromatic heterocycles. The van der Waals surface area contributed by atoms with Crippen molar-refractivity contribution >= 4 is 36.4 Å². The van der Waals surface area contributed by atoms with Crippen molar-refractivity contribution in [2.75, 3.05) is 6.54 Å². The summed E-state index contributed by atoms with van der Waals surface area (Å²) >= 11 is 5.78. The summed E-state index contributed by atoms with van der Waals surface area (Å²) < 4.78 is 0. The molecule has 1 aromatic rings. The molecule has 1 N–H and O–H groups in total. The lowest BCUT2D eigenvalue weighted by Crippen LogP contribution is -2.14. The molecule has 0 radical (unpaired) electrons. The van der Waals surface area contributed by atoms with Crippen LogP contribution in [0.1, 0.15) is 18.4 Å². The molecule has 0 aliphatic rings. The summed E-state index contributed by atoms with van der Waals surface area (Å²) in [7, 11) is 0. The Kier molecular flexibility index (Phi) is 12.8. The summed E-state index contributed by atoms with van der Waals surface area (Å²) in [4.78, 5) is 0. The van der Waals surface area contributed by atoms with E-state index in [4.69, 9.17) is 11.6 Å². The van der Waals surface area contributed by atoms with E-state index in [9.17, 15) is 0 Å². The van der Waals surface area contributed by atoms with Gasteiger partial charge < -0.3 is 5.32 Å². The smallest absolute Gasteiger partial charge is 0.0406 e. The second-order valence-corrected chi connectivity index (χ2v) is 3.67. The lowest BCUT2D eigenvalue weighted by molar-refractivity contribution is 0.655. The highest BCUT2D eigenvalue weighted by Gasteiger charge is 1.92. The lowest BCUT2D eigenvalue weighted by atomic mass is 10.2. The van der Waals surface area contributed by atoms with Crippen LogP contribution < -0.4 is 5.32 Å². The SMILES string of the molecule is C=CCCCNCc1ccc(Cl)cc1.Cl.Cl. The minimum absolute atomic E-state index is 0. The molecular formula is C12H18Cl3N. The summed E-state index contributed by atoms with van der Waals surface area (Å²) in [5.41, 5.74) is 1.27. The Bertz CT molecular complexity index is 272. The topological polar surface area (TPSA) is 12.0 Å². The minimum atomic E-state index is 0. The van der Waals surface area contributed by atoms with Crippen molar-refractivity contribution in [2.45, 2.75) is 19.4 Å². The van der Waals surface area contributed by atoms with Gasteiger partial charge in [-0.05, 0) is 37.1 Å². The second-order valence-electron chi connectivity index (χ2n) is 3.23. The van der Waals surface area contributed by atoms with Crippen molar-refractivity contribution in [2.24, 2.45) is 0 Å². The molecule has 0 aliphatic carbocycles. The van der Waals surface area contributed by atoms with Crippen LogP contribution in [0.25, 0.3) is 0 Å². The van der Waals surface area contributed by atoms with Gasteiger partial charge in [0.2, 0.25) is 0 Å². The van der Waals surface area contributed by atoms with Crippen LogP contribution in [0.3, 0.4) is 0 Å². The molecular weight excluding hydrogens is 264 g/mol. The van der Waals surface area contributed by atoms with E-state index in [-0.39, 0.29) is 24.8 Å². The van der Waals surface area contributed by atoms with E-state index < -0.39 is 0 Å². The number of hydrogen-bond acceptors (Lipinski definition) is 1. The zero-order valence-electron chi connectivity index (χ0n) is 9.12. The number of allylic oxidation sites excluding steroid dienone is 1. The van der Waals surface area contributed by atoms with Crippen molar-refractivity contribution in [3.8, 4) is 0 Å². The van der Waals surface area contributed by atoms with Crippen LogP contribution >= 0.6 is 36.4 Å². The van der Waals surface area contributed by atoms with Crippen molar-refractivity contribution in [1.29, 1.82) is 0 Å². The van der Waals surface area contributed by atoms with Crippen LogP contribution in [0.4, 0.5) is 0 Å². The van der Waals surface area contributed by atoms with Crippen LogP contribution in [-0.4, -0.2) is 6.54 Å². The first-order chi connectivity index (χ1) is 6.83. The predicted molar refractivity (Wildman–Crippen MR) is 77.1 cm³/mol. The van der Waals surface area contributed by atoms with Crippen LogP contribution in [-0.2, 0) is 6.54 Å². The molecule has 0 aliphatic heterocycles. The van der Waals surface area contributed by atoms with Gasteiger partial charge in [-0.3, -0.25) is 0 Å². The normalized spacial score (nSPS) is 8.81. The van der Waals surface area contributed by atoms with Gasteiger partial charge in [0.15, 0.2) is 0 Å². The maximum Gasteiger partial charge on any atom is 0.0406 e. The van der Waals surface area contributed by atoms with Gasteiger partial charge >= 0.3 is 0 Å². The molecule has 1 aromatic carbocycles. The first kappa shape index (κ1) is 18.2. The molecule has 92 valence electrons. The number of rotatable bonds is 6. The highest BCUT2D eigenvalue weighted by Crippen LogP contribution is 2.08. The predicted octanol–water partition coefficient (Wildman–Crippen LogP) is 4.24. The Morgan fingerprint density at radius 3 is 2.38 bits per heavy atom. The molecule has 0 bridgehead atoms. The molecule has 0 unspecified atom stereocenters. The van der Waals surface area contributed by atoms with E-state index in [1.807, 2.05) is 30.3 Å². The minimum Gasteiger partial charge on any atom is -0.313 e. The number of unbranched alkanes of at least 4 members (excludes halogenated alkanes) is 1. The van der Waals surface area contributed by atoms with Gasteiger partial charge in [-0.1, -0.05) is 29.8 Å². The van der Waals surface area contributed by atoms with E-state index in [0.29, 0.717) is 0 Å². The van der Waals surface area contributed by atoms with Crippen LogP contribution in [0.5, 0.6) is 0 Å². The van der Waals surface area contributed by atoms with Crippen molar-refractivity contribution < 1.29 is 0 Å². The summed E-state index contributed by atoms with van der Waals surface area (Å²) in [5, 5.41) is 4.16. The standard InChI is InChI=1S/C12H16ClN.2ClH/c1-2-3-4-9-14-10-11-5-7-12(13)8-6-11;;/h2,5-8,14H,1,3-4,9-10H2;2*1H. The van der Waals surface area contributed by atoms with Gasteiger partial charge in [0, 0.05) is 11.6 Å². The molecule has 1 rings (SSSR count). The third-order valence-electron chi connectivity index (χ3n) is 2.00. The summed E-state index contributed by atoms with van der Waals surface area (Å²) in [5.74, 6) is 0. The van der Waals surface area contributed by atoms with Crippen molar-refractivity contribution in [3.05, 3.63) is 47.5 Å². The number of halogens is 3. The molecule has 0 saturated heterocycles. The Labute approximate surface area is 115 Å². The molecule has 1 nitrogen and oxygen atoms in total. The maximum atomic E-state index is 5.78. The molecule has 0 fully saturated rings. The molecule has 0 spiro atoms. The van der Waals surface area contributed by atoms with Gasteiger partial charge in [0.25, 0.3) is 0 Å². The maximum absolute atomic E-state index is 5.78. The molecule has 0 heterocycles. The van der Waals surface area contributed by atoms with Crippen LogP contribution in [0, 0.1) is 0 Å². The van der Waals surface area contributed by atoms with Gasteiger partial charge in [0.1, 0.15) is 0 Å². The first-order valence-corrected chi connectivity index (χ1v) is 5.27. The summed E-state index contributed by atoms with van der Waals surface area (Å²) in [6.45, 7) is 5.63. The van der Waals surface area contributed by atoms with Crippen LogP contribution in [0.15, 0.2) is 36.9 Å².